The second-order valence-corrected chi connectivity index (χ2v) is 4.07. The maximum absolute atomic E-state index is 11.2. The molecule has 7 nitrogen and oxygen atoms in total. The Morgan fingerprint density at radius 3 is 2.47 bits per heavy atom. The summed E-state index contributed by atoms with van der Waals surface area (Å²) in [7, 11) is 0. The van der Waals surface area contributed by atoms with Crippen molar-refractivity contribution in [1.29, 1.82) is 0 Å². The Morgan fingerprint density at radius 1 is 1.53 bits per heavy atom. The molecule has 88 valence electrons. The molecule has 0 fully saturated rings. The summed E-state index contributed by atoms with van der Waals surface area (Å²) < 4.78 is 4.94. The van der Waals surface area contributed by atoms with Crippen LogP contribution in [0, 0.1) is 10.1 Å². The van der Waals surface area contributed by atoms with Crippen LogP contribution in [0.3, 0.4) is 0 Å². The molecule has 1 atom stereocenters. The van der Waals surface area contributed by atoms with Crippen molar-refractivity contribution >= 4 is 6.09 Å². The normalized spacial score (nSPS) is 12.8. The van der Waals surface area contributed by atoms with Crippen LogP contribution in [-0.2, 0) is 9.57 Å². The molecular weight excluding hydrogens is 204 g/mol. The number of hydrogen-bond donors (Lipinski definition) is 1. The number of amides is 1. The van der Waals surface area contributed by atoms with Gasteiger partial charge in [-0.1, -0.05) is 0 Å². The van der Waals surface area contributed by atoms with Crippen LogP contribution in [0.25, 0.3) is 0 Å². The zero-order valence-electron chi connectivity index (χ0n) is 9.27. The van der Waals surface area contributed by atoms with Crippen molar-refractivity contribution in [2.75, 3.05) is 6.61 Å². The zero-order valence-corrected chi connectivity index (χ0v) is 9.27. The minimum absolute atomic E-state index is 0.202. The van der Waals surface area contributed by atoms with E-state index in [2.05, 4.69) is 10.2 Å². The highest BCUT2D eigenvalue weighted by molar-refractivity contribution is 5.68. The van der Waals surface area contributed by atoms with E-state index in [9.17, 15) is 14.9 Å². The maximum Gasteiger partial charge on any atom is 0.407 e. The first-order valence-corrected chi connectivity index (χ1v) is 4.47. The van der Waals surface area contributed by atoms with E-state index in [1.807, 2.05) is 0 Å². The summed E-state index contributed by atoms with van der Waals surface area (Å²) in [6.45, 7) is 6.56. The van der Waals surface area contributed by atoms with Gasteiger partial charge in [-0.25, -0.2) is 4.79 Å². The molecule has 0 saturated heterocycles. The number of rotatable bonds is 4. The topological polar surface area (TPSA) is 90.7 Å². The summed E-state index contributed by atoms with van der Waals surface area (Å²) in [6.07, 6.45) is -0.623. The van der Waals surface area contributed by atoms with E-state index in [1.165, 1.54) is 0 Å². The molecule has 0 aromatic heterocycles. The molecule has 0 bridgehead atoms. The maximum atomic E-state index is 11.2. The predicted molar refractivity (Wildman–Crippen MR) is 51.8 cm³/mol. The molecule has 15 heavy (non-hydrogen) atoms. The molecule has 7 heteroatoms. The van der Waals surface area contributed by atoms with Crippen molar-refractivity contribution in [1.82, 2.24) is 5.32 Å². The quantitative estimate of drug-likeness (QED) is 0.566. The van der Waals surface area contributed by atoms with Crippen LogP contribution in [0.4, 0.5) is 4.79 Å². The fourth-order valence-electron chi connectivity index (χ4n) is 0.723. The number of carbonyl (C=O) groups is 1. The average Bonchev–Trinajstić information content (AvgIpc) is 1.96. The Kier molecular flexibility index (Phi) is 4.83. The fourth-order valence-corrected chi connectivity index (χ4v) is 0.723. The van der Waals surface area contributed by atoms with Crippen LogP contribution in [0.5, 0.6) is 0 Å². The molecule has 1 N–H and O–H groups in total. The Hall–Kier alpha value is -1.53. The van der Waals surface area contributed by atoms with Gasteiger partial charge in [0.25, 0.3) is 5.09 Å². The van der Waals surface area contributed by atoms with Crippen LogP contribution >= 0.6 is 0 Å². The predicted octanol–water partition coefficient (Wildman–Crippen LogP) is 1.11. The molecule has 0 aliphatic carbocycles. The van der Waals surface area contributed by atoms with E-state index in [1.54, 1.807) is 27.7 Å². The Balaban J connectivity index is 3.81. The Labute approximate surface area is 87.8 Å². The molecule has 0 aliphatic rings. The van der Waals surface area contributed by atoms with Gasteiger partial charge < -0.3 is 14.9 Å². The van der Waals surface area contributed by atoms with Gasteiger partial charge in [0.1, 0.15) is 12.2 Å². The summed E-state index contributed by atoms with van der Waals surface area (Å²) in [6, 6.07) is -0.481. The summed E-state index contributed by atoms with van der Waals surface area (Å²) in [4.78, 5) is 25.1. The van der Waals surface area contributed by atoms with Crippen molar-refractivity contribution in [3.05, 3.63) is 10.1 Å². The van der Waals surface area contributed by atoms with Crippen LogP contribution in [0.15, 0.2) is 0 Å². The van der Waals surface area contributed by atoms with Gasteiger partial charge in [-0.15, -0.1) is 10.1 Å². The summed E-state index contributed by atoms with van der Waals surface area (Å²) in [5, 5.41) is 11.3. The highest BCUT2D eigenvalue weighted by atomic mass is 16.9. The van der Waals surface area contributed by atoms with Gasteiger partial charge in [0, 0.05) is 0 Å². The second kappa shape index (κ2) is 5.38. The van der Waals surface area contributed by atoms with Gasteiger partial charge in [0.05, 0.1) is 6.04 Å². The Morgan fingerprint density at radius 2 is 2.07 bits per heavy atom. The first kappa shape index (κ1) is 13.5. The summed E-state index contributed by atoms with van der Waals surface area (Å²) in [5.41, 5.74) is -0.590. The lowest BCUT2D eigenvalue weighted by Gasteiger charge is -2.21. The molecule has 0 aromatic carbocycles. The van der Waals surface area contributed by atoms with Crippen LogP contribution in [-0.4, -0.2) is 29.4 Å². The third-order valence-electron chi connectivity index (χ3n) is 1.19. The van der Waals surface area contributed by atoms with Gasteiger partial charge in [-0.2, -0.15) is 0 Å². The van der Waals surface area contributed by atoms with E-state index in [4.69, 9.17) is 4.74 Å². The fraction of sp³-hybridized carbons (Fsp3) is 0.875. The van der Waals surface area contributed by atoms with E-state index in [0.717, 1.165) is 0 Å². The van der Waals surface area contributed by atoms with Gasteiger partial charge in [-0.3, -0.25) is 0 Å². The van der Waals surface area contributed by atoms with Gasteiger partial charge >= 0.3 is 6.09 Å². The Bertz CT molecular complexity index is 236. The standard InChI is InChI=1S/C8H16N2O5/c1-6(5-14-10(12)13)9-7(11)15-8(2,3)4/h6H,5H2,1-4H3,(H,9,11)/t6-/m1/s1. The van der Waals surface area contributed by atoms with Crippen molar-refractivity contribution in [2.45, 2.75) is 39.3 Å². The molecule has 0 aromatic rings. The zero-order chi connectivity index (χ0) is 12.1. The number of carbonyl (C=O) groups excluding carboxylic acids is 1. The van der Waals surface area contributed by atoms with E-state index >= 15 is 0 Å². The van der Waals surface area contributed by atoms with Crippen molar-refractivity contribution in [2.24, 2.45) is 0 Å². The molecule has 0 radical (unpaired) electrons. The first-order valence-electron chi connectivity index (χ1n) is 4.47. The average molecular weight is 220 g/mol. The summed E-state index contributed by atoms with van der Waals surface area (Å²) in [5.74, 6) is 0. The molecule has 1 amide bonds. The lowest BCUT2D eigenvalue weighted by molar-refractivity contribution is -0.758. The number of ether oxygens (including phenoxy) is 1. The van der Waals surface area contributed by atoms with Crippen LogP contribution in [0.1, 0.15) is 27.7 Å². The SMILES string of the molecule is C[C@H](CO[N+](=O)[O-])NC(=O)OC(C)(C)C. The van der Waals surface area contributed by atoms with Gasteiger partial charge in [-0.05, 0) is 27.7 Å². The third kappa shape index (κ3) is 8.79. The molecular formula is C8H16N2O5. The molecule has 0 rings (SSSR count). The lowest BCUT2D eigenvalue weighted by Crippen LogP contribution is -2.40. The third-order valence-corrected chi connectivity index (χ3v) is 1.19. The van der Waals surface area contributed by atoms with Gasteiger partial charge in [0.15, 0.2) is 0 Å². The van der Waals surface area contributed by atoms with Crippen LogP contribution < -0.4 is 5.32 Å². The largest absolute Gasteiger partial charge is 0.444 e. The van der Waals surface area contributed by atoms with Crippen molar-refractivity contribution < 1.29 is 19.5 Å². The smallest absolute Gasteiger partial charge is 0.407 e. The lowest BCUT2D eigenvalue weighted by atomic mass is 10.2. The molecule has 0 unspecified atom stereocenters. The van der Waals surface area contributed by atoms with E-state index in [0.29, 0.717) is 0 Å². The van der Waals surface area contributed by atoms with Crippen molar-refractivity contribution in [3.8, 4) is 0 Å². The number of hydrogen-bond acceptors (Lipinski definition) is 5. The number of nitrogens with zero attached hydrogens (tertiary/aromatic N) is 1. The molecule has 0 spiro atoms. The van der Waals surface area contributed by atoms with Crippen LogP contribution in [0.2, 0.25) is 0 Å². The highest BCUT2D eigenvalue weighted by Crippen LogP contribution is 2.06. The van der Waals surface area contributed by atoms with Gasteiger partial charge in [0.2, 0.25) is 0 Å². The minimum Gasteiger partial charge on any atom is -0.444 e. The number of nitrogens with one attached hydrogen (secondary N) is 1. The van der Waals surface area contributed by atoms with E-state index in [-0.39, 0.29) is 6.61 Å². The van der Waals surface area contributed by atoms with E-state index < -0.39 is 22.8 Å². The van der Waals surface area contributed by atoms with Crippen molar-refractivity contribution in [3.63, 3.8) is 0 Å². The summed E-state index contributed by atoms with van der Waals surface area (Å²) >= 11 is 0. The number of alkyl carbamates (subject to hydrolysis) is 1. The minimum atomic E-state index is -0.909. The molecule has 0 aliphatic heterocycles. The molecule has 0 saturated carbocycles. The first-order chi connectivity index (χ1) is 6.70. The highest BCUT2D eigenvalue weighted by Gasteiger charge is 2.17. The monoisotopic (exact) mass is 220 g/mol. The molecule has 0 heterocycles. The second-order valence-electron chi connectivity index (χ2n) is 4.07.